The lowest BCUT2D eigenvalue weighted by Crippen LogP contribution is -2.58. The first-order valence-electron chi connectivity index (χ1n) is 3.72. The maximum absolute atomic E-state index is 11.0. The van der Waals surface area contributed by atoms with Gasteiger partial charge in [-0.05, 0) is 6.42 Å². The lowest BCUT2D eigenvalue weighted by atomic mass is 9.92. The van der Waals surface area contributed by atoms with Crippen LogP contribution in [0.5, 0.6) is 0 Å². The second-order valence-corrected chi connectivity index (χ2v) is 3.14. The van der Waals surface area contributed by atoms with Crippen LogP contribution in [0.4, 0.5) is 4.79 Å². The van der Waals surface area contributed by atoms with Gasteiger partial charge in [0.2, 0.25) is 0 Å². The average molecular weight is 155 g/mol. The summed E-state index contributed by atoms with van der Waals surface area (Å²) in [6.07, 6.45) is 0.494. The summed E-state index contributed by atoms with van der Waals surface area (Å²) in [6.45, 7) is 0.561. The number of carboxylic acid groups (broad SMARTS) is 1. The SMILES string of the molecule is O=C1CC[C@@H]2CN(C(=O)O)[C@H]12. The maximum Gasteiger partial charge on any atom is 0.407 e. The zero-order chi connectivity index (χ0) is 8.01. The lowest BCUT2D eigenvalue weighted by molar-refractivity contribution is -0.125. The van der Waals surface area contributed by atoms with E-state index < -0.39 is 6.09 Å². The van der Waals surface area contributed by atoms with E-state index in [0.29, 0.717) is 18.9 Å². The monoisotopic (exact) mass is 155 g/mol. The number of nitrogens with zero attached hydrogens (tertiary/aromatic N) is 1. The van der Waals surface area contributed by atoms with Crippen LogP contribution in [0.15, 0.2) is 0 Å². The average Bonchev–Trinajstić information content (AvgIpc) is 2.06. The predicted molar refractivity (Wildman–Crippen MR) is 36.2 cm³/mol. The molecule has 0 bridgehead atoms. The third-order valence-electron chi connectivity index (χ3n) is 2.55. The van der Waals surface area contributed by atoms with E-state index in [1.54, 1.807) is 0 Å². The van der Waals surface area contributed by atoms with Crippen molar-refractivity contribution in [1.29, 1.82) is 0 Å². The smallest absolute Gasteiger partial charge is 0.407 e. The van der Waals surface area contributed by atoms with Gasteiger partial charge in [0.05, 0.1) is 6.04 Å². The van der Waals surface area contributed by atoms with E-state index in [1.807, 2.05) is 0 Å². The zero-order valence-electron chi connectivity index (χ0n) is 5.99. The summed E-state index contributed by atoms with van der Waals surface area (Å²) in [5.41, 5.74) is 0. The largest absolute Gasteiger partial charge is 0.465 e. The highest BCUT2D eigenvalue weighted by atomic mass is 16.4. The summed E-state index contributed by atoms with van der Waals surface area (Å²) >= 11 is 0. The van der Waals surface area contributed by atoms with E-state index in [-0.39, 0.29) is 11.8 Å². The molecular weight excluding hydrogens is 146 g/mol. The lowest BCUT2D eigenvalue weighted by Gasteiger charge is -2.40. The third-order valence-corrected chi connectivity index (χ3v) is 2.55. The number of hydrogen-bond acceptors (Lipinski definition) is 2. The fraction of sp³-hybridized carbons (Fsp3) is 0.714. The Bertz CT molecular complexity index is 226. The van der Waals surface area contributed by atoms with Crippen molar-refractivity contribution in [3.8, 4) is 0 Å². The summed E-state index contributed by atoms with van der Waals surface area (Å²) in [6, 6.07) is -0.285. The number of likely N-dealkylation sites (tertiary alicyclic amines) is 1. The van der Waals surface area contributed by atoms with Crippen molar-refractivity contribution >= 4 is 11.9 Å². The molecule has 0 aromatic heterocycles. The van der Waals surface area contributed by atoms with Crippen molar-refractivity contribution in [2.24, 2.45) is 5.92 Å². The van der Waals surface area contributed by atoms with E-state index >= 15 is 0 Å². The van der Waals surface area contributed by atoms with Gasteiger partial charge in [-0.15, -0.1) is 0 Å². The number of Topliss-reactive ketones (excluding diaryl/α,β-unsaturated/α-hetero) is 1. The summed E-state index contributed by atoms with van der Waals surface area (Å²) < 4.78 is 0. The molecule has 1 saturated heterocycles. The Morgan fingerprint density at radius 2 is 2.36 bits per heavy atom. The normalized spacial score (nSPS) is 34.9. The highest BCUT2D eigenvalue weighted by molar-refractivity contribution is 5.91. The maximum atomic E-state index is 11.0. The highest BCUT2D eigenvalue weighted by Crippen LogP contribution is 2.36. The van der Waals surface area contributed by atoms with Crippen LogP contribution in [0.3, 0.4) is 0 Å². The molecule has 2 atom stereocenters. The molecule has 1 saturated carbocycles. The molecule has 1 aliphatic heterocycles. The number of hydrogen-bond donors (Lipinski definition) is 1. The van der Waals surface area contributed by atoms with Crippen molar-refractivity contribution in [2.45, 2.75) is 18.9 Å². The van der Waals surface area contributed by atoms with Gasteiger partial charge < -0.3 is 5.11 Å². The van der Waals surface area contributed by atoms with Crippen LogP contribution in [0.25, 0.3) is 0 Å². The Balaban J connectivity index is 2.11. The Kier molecular flexibility index (Phi) is 1.19. The molecule has 60 valence electrons. The molecule has 0 aromatic rings. The molecule has 1 heterocycles. The Morgan fingerprint density at radius 1 is 1.64 bits per heavy atom. The molecule has 4 nitrogen and oxygen atoms in total. The van der Waals surface area contributed by atoms with Crippen LogP contribution < -0.4 is 0 Å². The summed E-state index contributed by atoms with van der Waals surface area (Å²) in [5.74, 6) is 0.433. The molecule has 0 unspecified atom stereocenters. The van der Waals surface area contributed by atoms with Gasteiger partial charge in [-0.3, -0.25) is 9.69 Å². The van der Waals surface area contributed by atoms with Gasteiger partial charge in [0, 0.05) is 18.9 Å². The predicted octanol–water partition coefficient (Wildman–Crippen LogP) is 0.328. The number of carbonyl (C=O) groups excluding carboxylic acids is 1. The number of rotatable bonds is 0. The van der Waals surface area contributed by atoms with Crippen molar-refractivity contribution < 1.29 is 14.7 Å². The second-order valence-electron chi connectivity index (χ2n) is 3.14. The van der Waals surface area contributed by atoms with Crippen molar-refractivity contribution in [1.82, 2.24) is 4.90 Å². The number of fused-ring (bicyclic) bond motifs is 1. The summed E-state index contributed by atoms with van der Waals surface area (Å²) in [4.78, 5) is 22.7. The van der Waals surface area contributed by atoms with E-state index in [2.05, 4.69) is 0 Å². The Labute approximate surface area is 63.8 Å². The number of carbonyl (C=O) groups is 2. The molecule has 0 aromatic carbocycles. The summed E-state index contributed by atoms with van der Waals surface area (Å²) in [7, 11) is 0. The summed E-state index contributed by atoms with van der Waals surface area (Å²) in [5, 5.41) is 8.57. The van der Waals surface area contributed by atoms with Gasteiger partial charge in [-0.2, -0.15) is 0 Å². The molecule has 2 rings (SSSR count). The molecule has 0 radical (unpaired) electrons. The van der Waals surface area contributed by atoms with Crippen LogP contribution in [-0.4, -0.2) is 34.5 Å². The van der Waals surface area contributed by atoms with E-state index in [1.165, 1.54) is 4.90 Å². The van der Waals surface area contributed by atoms with Gasteiger partial charge in [-0.25, -0.2) is 4.79 Å². The van der Waals surface area contributed by atoms with Crippen LogP contribution in [0.2, 0.25) is 0 Å². The molecule has 4 heteroatoms. The minimum atomic E-state index is -0.957. The zero-order valence-corrected chi connectivity index (χ0v) is 5.99. The number of amides is 1. The Hall–Kier alpha value is -1.06. The van der Waals surface area contributed by atoms with Crippen molar-refractivity contribution in [2.75, 3.05) is 6.54 Å². The Morgan fingerprint density at radius 3 is 2.91 bits per heavy atom. The van der Waals surface area contributed by atoms with Gasteiger partial charge in [-0.1, -0.05) is 0 Å². The molecule has 1 amide bonds. The van der Waals surface area contributed by atoms with Crippen LogP contribution in [-0.2, 0) is 4.79 Å². The van der Waals surface area contributed by atoms with E-state index in [9.17, 15) is 9.59 Å². The van der Waals surface area contributed by atoms with Crippen molar-refractivity contribution in [3.05, 3.63) is 0 Å². The first-order valence-corrected chi connectivity index (χ1v) is 3.72. The topological polar surface area (TPSA) is 57.6 Å². The first kappa shape index (κ1) is 6.64. The minimum Gasteiger partial charge on any atom is -0.465 e. The fourth-order valence-electron chi connectivity index (χ4n) is 1.94. The molecule has 2 fully saturated rings. The first-order chi connectivity index (χ1) is 5.20. The quantitative estimate of drug-likeness (QED) is 0.548. The van der Waals surface area contributed by atoms with Gasteiger partial charge in [0.25, 0.3) is 0 Å². The minimum absolute atomic E-state index is 0.101. The van der Waals surface area contributed by atoms with E-state index in [0.717, 1.165) is 6.42 Å². The number of ketones is 1. The third kappa shape index (κ3) is 0.751. The van der Waals surface area contributed by atoms with Crippen LogP contribution in [0, 0.1) is 5.92 Å². The molecule has 1 aliphatic carbocycles. The molecule has 1 N–H and O–H groups in total. The van der Waals surface area contributed by atoms with Crippen LogP contribution in [0.1, 0.15) is 12.8 Å². The second kappa shape index (κ2) is 1.96. The standard InChI is InChI=1S/C7H9NO3/c9-5-2-1-4-3-8(6(4)5)7(10)11/h4,6H,1-3H2,(H,10,11)/t4-,6+/m1/s1. The van der Waals surface area contributed by atoms with E-state index in [4.69, 9.17) is 5.11 Å². The molecular formula is C7H9NO3. The molecule has 11 heavy (non-hydrogen) atoms. The van der Waals surface area contributed by atoms with Crippen molar-refractivity contribution in [3.63, 3.8) is 0 Å². The molecule has 2 aliphatic rings. The highest BCUT2D eigenvalue weighted by Gasteiger charge is 2.49. The van der Waals surface area contributed by atoms with Gasteiger partial charge in [0.1, 0.15) is 0 Å². The van der Waals surface area contributed by atoms with Gasteiger partial charge in [0.15, 0.2) is 5.78 Å². The van der Waals surface area contributed by atoms with Crippen LogP contribution >= 0.6 is 0 Å². The molecule has 0 spiro atoms. The van der Waals surface area contributed by atoms with Gasteiger partial charge >= 0.3 is 6.09 Å². The fourth-order valence-corrected chi connectivity index (χ4v) is 1.94.